The molecule has 0 unspecified atom stereocenters. The number of hydrogen-bond acceptors (Lipinski definition) is 7. The molecule has 1 saturated heterocycles. The summed E-state index contributed by atoms with van der Waals surface area (Å²) in [6.45, 7) is 4.02. The molecule has 6 N–H and O–H groups in total. The number of ether oxygens (including phenoxy) is 1. The Hall–Kier alpha value is -1.65. The molecule has 0 amide bonds. The Bertz CT molecular complexity index is 695. The van der Waals surface area contributed by atoms with E-state index in [0.717, 1.165) is 45.7 Å². The Morgan fingerprint density at radius 3 is 2.60 bits per heavy atom. The van der Waals surface area contributed by atoms with Crippen LogP contribution in [0.2, 0.25) is 6.32 Å². The molecule has 1 heterocycles. The lowest BCUT2D eigenvalue weighted by Crippen LogP contribution is -2.61. The minimum Gasteiger partial charge on any atom is -0.480 e. The highest BCUT2D eigenvalue weighted by Crippen LogP contribution is 2.38. The molecule has 1 aliphatic carbocycles. The van der Waals surface area contributed by atoms with E-state index in [-0.39, 0.29) is 18.3 Å². The number of carboxylic acid groups (broad SMARTS) is 1. The molecule has 1 atom stereocenters. The van der Waals surface area contributed by atoms with Crippen molar-refractivity contribution in [3.8, 4) is 0 Å². The maximum atomic E-state index is 11.8. The lowest BCUT2D eigenvalue weighted by Gasteiger charge is -2.45. The van der Waals surface area contributed by atoms with Crippen LogP contribution in [0.1, 0.15) is 37.7 Å². The fraction of sp³-hybridized carbons (Fsp3) is 0.667. The fourth-order valence-corrected chi connectivity index (χ4v) is 4.46. The first-order valence-corrected chi connectivity index (χ1v) is 10.9. The lowest BCUT2D eigenvalue weighted by atomic mass is 9.66. The fourth-order valence-electron chi connectivity index (χ4n) is 4.46. The molecule has 8 nitrogen and oxygen atoms in total. The zero-order valence-corrected chi connectivity index (χ0v) is 17.5. The van der Waals surface area contributed by atoms with Gasteiger partial charge in [0.2, 0.25) is 0 Å². The van der Waals surface area contributed by atoms with E-state index in [0.29, 0.717) is 19.3 Å². The summed E-state index contributed by atoms with van der Waals surface area (Å²) in [7, 11) is -1.35. The van der Waals surface area contributed by atoms with Gasteiger partial charge in [-0.3, -0.25) is 4.79 Å². The van der Waals surface area contributed by atoms with Crippen molar-refractivity contribution < 1.29 is 24.7 Å². The summed E-state index contributed by atoms with van der Waals surface area (Å²) in [4.78, 5) is 14.2. The minimum atomic E-state index is -1.35. The normalized spacial score (nSPS) is 23.5. The van der Waals surface area contributed by atoms with Crippen LogP contribution in [0.25, 0.3) is 0 Å². The number of anilines is 1. The number of hydrogen-bond donors (Lipinski definition) is 5. The van der Waals surface area contributed by atoms with E-state index in [1.54, 1.807) is 0 Å². The van der Waals surface area contributed by atoms with Crippen LogP contribution in [0.3, 0.4) is 0 Å². The molecule has 1 saturated carbocycles. The number of carbonyl (C=O) groups is 1. The molecule has 0 radical (unpaired) electrons. The summed E-state index contributed by atoms with van der Waals surface area (Å²) in [6.07, 6.45) is 3.20. The predicted molar refractivity (Wildman–Crippen MR) is 116 cm³/mol. The molecule has 1 aromatic rings. The molecule has 166 valence electrons. The monoisotopic (exact) mass is 419 g/mol. The van der Waals surface area contributed by atoms with Gasteiger partial charge in [-0.2, -0.15) is 0 Å². The first-order chi connectivity index (χ1) is 14.4. The average molecular weight is 419 g/mol. The van der Waals surface area contributed by atoms with Gasteiger partial charge >= 0.3 is 13.1 Å². The van der Waals surface area contributed by atoms with Crippen molar-refractivity contribution >= 4 is 18.8 Å². The summed E-state index contributed by atoms with van der Waals surface area (Å²) in [6, 6.07) is 8.63. The molecule has 0 aromatic heterocycles. The highest BCUT2D eigenvalue weighted by Gasteiger charge is 2.48. The molecule has 3 rings (SSSR count). The first-order valence-electron chi connectivity index (χ1n) is 10.9. The smallest absolute Gasteiger partial charge is 0.451 e. The van der Waals surface area contributed by atoms with Gasteiger partial charge in [0.1, 0.15) is 5.54 Å². The van der Waals surface area contributed by atoms with Crippen LogP contribution in [-0.4, -0.2) is 66.1 Å². The summed E-state index contributed by atoms with van der Waals surface area (Å²) >= 11 is 0. The van der Waals surface area contributed by atoms with E-state index in [1.165, 1.54) is 11.3 Å². The summed E-state index contributed by atoms with van der Waals surface area (Å²) in [5, 5.41) is 31.1. The Morgan fingerprint density at radius 2 is 1.93 bits per heavy atom. The van der Waals surface area contributed by atoms with E-state index in [2.05, 4.69) is 28.4 Å². The van der Waals surface area contributed by atoms with Crippen LogP contribution in [0.15, 0.2) is 24.3 Å². The van der Waals surface area contributed by atoms with Crippen LogP contribution in [0.5, 0.6) is 0 Å². The van der Waals surface area contributed by atoms with Gasteiger partial charge in [0.15, 0.2) is 0 Å². The number of rotatable bonds is 11. The average Bonchev–Trinajstić information content (AvgIpc) is 2.70. The first kappa shape index (κ1) is 23.0. The van der Waals surface area contributed by atoms with Gasteiger partial charge in [0.25, 0.3) is 0 Å². The standard InChI is InChI=1S/C21H34BN3O5/c23-21(20(26)27,7-3-4-8-22(28)29)17-13-18(14-17)24-15-16-5-1-2-6-19(16)25-9-11-30-12-10-25/h1-2,5-6,17-18,24,28-29H,3-4,7-15,23H2,(H,26,27)/t17-,18-,21-/m0/s1. The lowest BCUT2D eigenvalue weighted by molar-refractivity contribution is -0.148. The summed E-state index contributed by atoms with van der Waals surface area (Å²) < 4.78 is 5.45. The minimum absolute atomic E-state index is 0.0685. The number of nitrogens with one attached hydrogen (secondary N) is 1. The third-order valence-electron chi connectivity index (χ3n) is 6.49. The van der Waals surface area contributed by atoms with Crippen LogP contribution in [0.4, 0.5) is 5.69 Å². The van der Waals surface area contributed by atoms with Crippen molar-refractivity contribution in [2.75, 3.05) is 31.2 Å². The second kappa shape index (κ2) is 10.6. The SMILES string of the molecule is N[C@](CCCCB(O)O)(C(=O)O)[C@H]1C[C@H](NCc2ccccc2N2CCOCC2)C1. The number of nitrogens with two attached hydrogens (primary N) is 1. The van der Waals surface area contributed by atoms with Gasteiger partial charge in [0, 0.05) is 31.4 Å². The number of nitrogens with zero attached hydrogens (tertiary/aromatic N) is 1. The Labute approximate surface area is 178 Å². The summed E-state index contributed by atoms with van der Waals surface area (Å²) in [5.41, 5.74) is 7.51. The van der Waals surface area contributed by atoms with E-state index in [9.17, 15) is 9.90 Å². The largest absolute Gasteiger partial charge is 0.480 e. The molecule has 2 aliphatic rings. The Balaban J connectivity index is 1.49. The van der Waals surface area contributed by atoms with Crippen molar-refractivity contribution in [3.05, 3.63) is 29.8 Å². The van der Waals surface area contributed by atoms with E-state index >= 15 is 0 Å². The van der Waals surface area contributed by atoms with Crippen molar-refractivity contribution in [1.82, 2.24) is 5.32 Å². The van der Waals surface area contributed by atoms with Gasteiger partial charge in [-0.1, -0.05) is 31.0 Å². The molecule has 1 aliphatic heterocycles. The molecule has 30 heavy (non-hydrogen) atoms. The second-order valence-electron chi connectivity index (χ2n) is 8.55. The Kier molecular flexibility index (Phi) is 8.13. The number of carboxylic acids is 1. The van der Waals surface area contributed by atoms with Gasteiger partial charge < -0.3 is 35.8 Å². The second-order valence-corrected chi connectivity index (χ2v) is 8.55. The molecular weight excluding hydrogens is 385 g/mol. The quantitative estimate of drug-likeness (QED) is 0.263. The Morgan fingerprint density at radius 1 is 1.23 bits per heavy atom. The molecule has 0 spiro atoms. The highest BCUT2D eigenvalue weighted by atomic mass is 16.5. The number of aliphatic carboxylic acids is 1. The van der Waals surface area contributed by atoms with Crippen LogP contribution in [-0.2, 0) is 16.1 Å². The number of morpholine rings is 1. The van der Waals surface area contributed by atoms with Gasteiger partial charge in [0.05, 0.1) is 13.2 Å². The number of unbranched alkanes of at least 4 members (excludes halogenated alkanes) is 1. The third kappa shape index (κ3) is 5.73. The molecule has 9 heteroatoms. The van der Waals surface area contributed by atoms with Crippen molar-refractivity contribution in [2.24, 2.45) is 11.7 Å². The molecular formula is C21H34BN3O5. The van der Waals surface area contributed by atoms with E-state index < -0.39 is 18.6 Å². The van der Waals surface area contributed by atoms with E-state index in [1.807, 2.05) is 6.07 Å². The van der Waals surface area contributed by atoms with Crippen LogP contribution >= 0.6 is 0 Å². The number of benzene rings is 1. The van der Waals surface area contributed by atoms with E-state index in [4.69, 9.17) is 20.5 Å². The van der Waals surface area contributed by atoms with Gasteiger partial charge in [-0.25, -0.2) is 0 Å². The summed E-state index contributed by atoms with van der Waals surface area (Å²) in [5.74, 6) is -1.03. The predicted octanol–water partition coefficient (Wildman–Crippen LogP) is 0.817. The zero-order chi connectivity index (χ0) is 21.6. The van der Waals surface area contributed by atoms with Crippen molar-refractivity contribution in [1.29, 1.82) is 0 Å². The van der Waals surface area contributed by atoms with Crippen molar-refractivity contribution in [3.63, 3.8) is 0 Å². The van der Waals surface area contributed by atoms with Crippen LogP contribution < -0.4 is 16.0 Å². The maximum Gasteiger partial charge on any atom is 0.451 e. The third-order valence-corrected chi connectivity index (χ3v) is 6.49. The van der Waals surface area contributed by atoms with Crippen LogP contribution in [0, 0.1) is 5.92 Å². The maximum absolute atomic E-state index is 11.8. The van der Waals surface area contributed by atoms with Gasteiger partial charge in [-0.05, 0) is 43.1 Å². The molecule has 0 bridgehead atoms. The molecule has 1 aromatic carbocycles. The topological polar surface area (TPSA) is 128 Å². The van der Waals surface area contributed by atoms with Gasteiger partial charge in [-0.15, -0.1) is 0 Å². The highest BCUT2D eigenvalue weighted by molar-refractivity contribution is 6.40. The number of para-hydroxylation sites is 1. The molecule has 2 fully saturated rings. The van der Waals surface area contributed by atoms with Crippen molar-refractivity contribution in [2.45, 2.75) is 56.5 Å². The zero-order valence-electron chi connectivity index (χ0n) is 17.5.